The Hall–Kier alpha value is -6.00. The van der Waals surface area contributed by atoms with Crippen LogP contribution in [-0.2, 0) is 37.9 Å². The molecule has 0 unspecified atom stereocenters. The van der Waals surface area contributed by atoms with Gasteiger partial charge in [0.05, 0.1) is 93.0 Å². The zero-order valence-corrected chi connectivity index (χ0v) is 38.9. The van der Waals surface area contributed by atoms with E-state index in [9.17, 15) is 5.11 Å². The minimum Gasteiger partial charge on any atom is -0.506 e. The van der Waals surface area contributed by atoms with Crippen LogP contribution in [0.1, 0.15) is 47.4 Å². The van der Waals surface area contributed by atoms with Gasteiger partial charge in [0.15, 0.2) is 25.2 Å². The summed E-state index contributed by atoms with van der Waals surface area (Å²) in [6.07, 6.45) is -2.62. The van der Waals surface area contributed by atoms with Crippen molar-refractivity contribution in [1.82, 2.24) is 0 Å². The molecule has 0 aliphatic carbocycles. The summed E-state index contributed by atoms with van der Waals surface area (Å²) in [5.41, 5.74) is 2.61. The van der Waals surface area contributed by atoms with Crippen molar-refractivity contribution < 1.29 is 74.9 Å². The highest BCUT2D eigenvalue weighted by Crippen LogP contribution is 2.54. The van der Waals surface area contributed by atoms with Gasteiger partial charge in [0, 0.05) is 6.07 Å². The van der Waals surface area contributed by atoms with Crippen LogP contribution in [0.4, 0.5) is 0 Å². The SMILES string of the molecule is COc1cc(OP(Oc2ccccc2C2OCCO2)Oc2ccccc2C2OCCO2)c2c(O)c3c(OP(Oc4ccccc4C4OCCO4)Oc4ccccc4C4OCCO4)cccc3cc2c1. The molecule has 0 spiro atoms. The predicted octanol–water partition coefficient (Wildman–Crippen LogP) is 11.4. The van der Waals surface area contributed by atoms with Crippen molar-refractivity contribution in [3.63, 3.8) is 0 Å². The first kappa shape index (κ1) is 45.4. The lowest BCUT2D eigenvalue weighted by Gasteiger charge is -2.24. The van der Waals surface area contributed by atoms with Crippen LogP contribution in [0.2, 0.25) is 0 Å². The molecule has 4 aliphatic rings. The van der Waals surface area contributed by atoms with Crippen molar-refractivity contribution in [3.8, 4) is 46.0 Å². The number of aromatic hydroxyl groups is 1. The second-order valence-corrected chi connectivity index (χ2v) is 17.7. The monoisotopic (exact) mass is 976 g/mol. The normalized spacial score (nSPS) is 17.1. The molecule has 69 heavy (non-hydrogen) atoms. The van der Waals surface area contributed by atoms with Crippen molar-refractivity contribution in [3.05, 3.63) is 156 Å². The maximum absolute atomic E-state index is 12.7. The van der Waals surface area contributed by atoms with Gasteiger partial charge in [0.25, 0.3) is 0 Å². The van der Waals surface area contributed by atoms with Crippen molar-refractivity contribution in [2.45, 2.75) is 25.2 Å². The van der Waals surface area contributed by atoms with E-state index in [1.165, 1.54) is 0 Å². The number of phenolic OH excluding ortho intramolecular Hbond substituents is 1. The fourth-order valence-corrected chi connectivity index (χ4v) is 10.4. The molecular formula is C51H46O16P2. The van der Waals surface area contributed by atoms with Crippen LogP contribution < -0.4 is 31.9 Å². The van der Waals surface area contributed by atoms with Crippen LogP contribution in [-0.4, -0.2) is 65.1 Å². The average Bonchev–Trinajstić information content (AvgIpc) is 4.25. The maximum atomic E-state index is 12.7. The van der Waals surface area contributed by atoms with Gasteiger partial charge in [0.1, 0.15) is 46.0 Å². The quantitative estimate of drug-likeness (QED) is 0.0678. The first-order valence-corrected chi connectivity index (χ1v) is 24.5. The zero-order chi connectivity index (χ0) is 46.5. The van der Waals surface area contributed by atoms with Gasteiger partial charge in [-0.05, 0) is 53.2 Å². The summed E-state index contributed by atoms with van der Waals surface area (Å²) in [7, 11) is -3.18. The minimum absolute atomic E-state index is 0.164. The Balaban J connectivity index is 0.997. The second kappa shape index (κ2) is 20.9. The Morgan fingerprint density at radius 1 is 0.377 bits per heavy atom. The van der Waals surface area contributed by atoms with Gasteiger partial charge in [-0.1, -0.05) is 84.9 Å². The fraction of sp³-hybridized carbons (Fsp3) is 0.255. The number of hydrogen-bond acceptors (Lipinski definition) is 16. The molecule has 11 rings (SSSR count). The van der Waals surface area contributed by atoms with Crippen LogP contribution in [0, 0.1) is 0 Å². The number of benzene rings is 7. The number of rotatable bonds is 17. The Bertz CT molecular complexity index is 2770. The lowest BCUT2D eigenvalue weighted by Crippen LogP contribution is -2.08. The largest absolute Gasteiger partial charge is 0.530 e. The van der Waals surface area contributed by atoms with Gasteiger partial charge in [-0.25, -0.2) is 0 Å². The van der Waals surface area contributed by atoms with Crippen molar-refractivity contribution in [2.75, 3.05) is 60.0 Å². The number of methoxy groups -OCH3 is 1. The molecule has 18 heteroatoms. The van der Waals surface area contributed by atoms with E-state index in [1.54, 1.807) is 49.6 Å². The molecule has 0 saturated carbocycles. The van der Waals surface area contributed by atoms with E-state index in [-0.39, 0.29) is 17.2 Å². The molecule has 4 aliphatic heterocycles. The molecule has 16 nitrogen and oxygen atoms in total. The van der Waals surface area contributed by atoms with Crippen LogP contribution in [0.15, 0.2) is 133 Å². The standard InChI is InChI=1S/C51H46O16P2/c1-53-34-30-33-29-32-11-10-20-43(66-68(62-39-16-6-2-12-35(39)48-54-21-22-55-48)63-40-17-7-3-13-36(40)49-56-23-24-57-49)45(32)47(52)46(33)44(31-34)67-69(64-41-18-8-4-14-37(41)50-58-25-26-59-50)65-42-19-9-5-15-38(42)51-60-27-28-61-51/h2-20,29-31,48-52H,21-28H2,1H3. The van der Waals surface area contributed by atoms with E-state index in [0.29, 0.717) is 125 Å². The van der Waals surface area contributed by atoms with E-state index in [4.69, 9.17) is 69.8 Å². The van der Waals surface area contributed by atoms with E-state index >= 15 is 0 Å². The van der Waals surface area contributed by atoms with Crippen LogP contribution in [0.25, 0.3) is 21.5 Å². The molecule has 4 fully saturated rings. The molecule has 0 atom stereocenters. The lowest BCUT2D eigenvalue weighted by atomic mass is 10.0. The summed E-state index contributed by atoms with van der Waals surface area (Å²) >= 11 is 0. The summed E-state index contributed by atoms with van der Waals surface area (Å²) in [5.74, 6) is 2.39. The van der Waals surface area contributed by atoms with Crippen molar-refractivity contribution >= 4 is 38.7 Å². The highest BCUT2D eigenvalue weighted by molar-refractivity contribution is 7.43. The third-order valence-corrected chi connectivity index (χ3v) is 13.5. The molecule has 0 amide bonds. The first-order valence-electron chi connectivity index (χ1n) is 22.3. The topological polar surface area (TPSA) is 159 Å². The van der Waals surface area contributed by atoms with Gasteiger partial charge in [-0.3, -0.25) is 0 Å². The molecule has 356 valence electrons. The van der Waals surface area contributed by atoms with E-state index in [0.717, 1.165) is 0 Å². The summed E-state index contributed by atoms with van der Waals surface area (Å²) < 4.78 is 93.1. The Morgan fingerprint density at radius 3 is 1.10 bits per heavy atom. The molecule has 1 N–H and O–H groups in total. The third kappa shape index (κ3) is 9.92. The molecule has 7 aromatic carbocycles. The third-order valence-electron chi connectivity index (χ3n) is 11.4. The van der Waals surface area contributed by atoms with Crippen LogP contribution in [0.5, 0.6) is 46.0 Å². The fourth-order valence-electron chi connectivity index (χ4n) is 8.24. The lowest BCUT2D eigenvalue weighted by molar-refractivity contribution is -0.0456. The molecule has 4 heterocycles. The Morgan fingerprint density at radius 2 is 0.710 bits per heavy atom. The van der Waals surface area contributed by atoms with Gasteiger partial charge < -0.3 is 74.9 Å². The number of ether oxygens (including phenoxy) is 9. The smallest absolute Gasteiger partial charge is 0.506 e. The predicted molar refractivity (Wildman–Crippen MR) is 252 cm³/mol. The molecule has 0 aromatic heterocycles. The van der Waals surface area contributed by atoms with Gasteiger partial charge in [-0.2, -0.15) is 0 Å². The number of para-hydroxylation sites is 4. The maximum Gasteiger partial charge on any atom is 0.530 e. The van der Waals surface area contributed by atoms with E-state index in [1.807, 2.05) is 91.0 Å². The Kier molecular flexibility index (Phi) is 13.8. The van der Waals surface area contributed by atoms with E-state index < -0.39 is 42.4 Å². The molecule has 7 aromatic rings. The number of hydrogen-bond donors (Lipinski definition) is 1. The number of phenols is 1. The summed E-state index contributed by atoms with van der Waals surface area (Å²) in [4.78, 5) is 0. The van der Waals surface area contributed by atoms with Gasteiger partial charge >= 0.3 is 17.2 Å². The molecular weight excluding hydrogens is 930 g/mol. The summed E-state index contributed by atoms with van der Waals surface area (Å²) in [6.45, 7) is 3.47. The zero-order valence-electron chi connectivity index (χ0n) is 37.1. The molecule has 4 saturated heterocycles. The number of fused-ring (bicyclic) bond motifs is 2. The van der Waals surface area contributed by atoms with Crippen LogP contribution >= 0.6 is 17.2 Å². The molecule has 0 bridgehead atoms. The van der Waals surface area contributed by atoms with Crippen molar-refractivity contribution in [2.24, 2.45) is 0 Å². The second-order valence-electron chi connectivity index (χ2n) is 15.7. The van der Waals surface area contributed by atoms with Gasteiger partial charge in [0.2, 0.25) is 0 Å². The first-order chi connectivity index (χ1) is 34.1. The average molecular weight is 977 g/mol. The highest BCUT2D eigenvalue weighted by atomic mass is 31.2. The highest BCUT2D eigenvalue weighted by Gasteiger charge is 2.33. The van der Waals surface area contributed by atoms with Crippen molar-refractivity contribution in [1.29, 1.82) is 0 Å². The Labute approximate surface area is 399 Å². The van der Waals surface area contributed by atoms with Gasteiger partial charge in [-0.15, -0.1) is 0 Å². The summed E-state index contributed by atoms with van der Waals surface area (Å²) in [5, 5.41) is 14.6. The van der Waals surface area contributed by atoms with Crippen LogP contribution in [0.3, 0.4) is 0 Å². The summed E-state index contributed by atoms with van der Waals surface area (Å²) in [6, 6.07) is 40.3. The molecule has 0 radical (unpaired) electrons. The van der Waals surface area contributed by atoms with E-state index in [2.05, 4.69) is 0 Å². The minimum atomic E-state index is -2.39.